The molecule has 2 N–H and O–H groups in total. The fraction of sp³-hybridized carbons (Fsp3) is 0.250. The first kappa shape index (κ1) is 22.8. The maximum Gasteiger partial charge on any atom is 0.333 e. The first-order valence-corrected chi connectivity index (χ1v) is 8.53. The van der Waals surface area contributed by atoms with E-state index in [0.29, 0.717) is 36.4 Å². The number of aromatic nitrogens is 4. The normalized spacial score (nSPS) is 15.2. The minimum atomic E-state index is -0.260. The molecule has 1 aliphatic heterocycles. The van der Waals surface area contributed by atoms with Gasteiger partial charge in [-0.15, -0.1) is 12.1 Å². The molecule has 3 aromatic rings. The van der Waals surface area contributed by atoms with E-state index in [-0.39, 0.29) is 63.6 Å². The minimum Gasteiger partial charge on any atom is -0.382 e. The standard InChI is InChI=1S/C19H17N6O2.CH3.Y/c1-2-6-15(26)23-10-9-14(11-23)25-18-16(17(20)21-12-22-18)24(19(25)27)13-7-4-3-5-8-13;;/h4-5,7-8,12,14H,9-11H2,1H3,(H2,20,21,22);1H3;/q2*-1;. The van der Waals surface area contributed by atoms with Crippen LogP contribution < -0.4 is 11.4 Å². The molecule has 0 bridgehead atoms. The molecule has 9 heteroatoms. The van der Waals surface area contributed by atoms with Crippen molar-refractivity contribution in [3.8, 4) is 17.5 Å². The van der Waals surface area contributed by atoms with Gasteiger partial charge >= 0.3 is 5.69 Å². The Hall–Kier alpha value is -2.50. The van der Waals surface area contributed by atoms with Gasteiger partial charge in [0.25, 0.3) is 5.91 Å². The van der Waals surface area contributed by atoms with E-state index in [1.54, 1.807) is 40.7 Å². The van der Waals surface area contributed by atoms with Gasteiger partial charge in [-0.3, -0.25) is 13.9 Å². The molecule has 1 fully saturated rings. The summed E-state index contributed by atoms with van der Waals surface area (Å²) in [5.41, 5.74) is 7.40. The molecule has 1 amide bonds. The van der Waals surface area contributed by atoms with Gasteiger partial charge in [-0.25, -0.2) is 14.8 Å². The predicted molar refractivity (Wildman–Crippen MR) is 106 cm³/mol. The second kappa shape index (κ2) is 9.33. The van der Waals surface area contributed by atoms with Gasteiger partial charge in [0, 0.05) is 45.8 Å². The zero-order valence-corrected chi connectivity index (χ0v) is 19.1. The zero-order valence-electron chi connectivity index (χ0n) is 16.3. The summed E-state index contributed by atoms with van der Waals surface area (Å²) in [4.78, 5) is 35.4. The van der Waals surface area contributed by atoms with Crippen molar-refractivity contribution in [2.45, 2.75) is 19.4 Å². The summed E-state index contributed by atoms with van der Waals surface area (Å²) < 4.78 is 3.12. The summed E-state index contributed by atoms with van der Waals surface area (Å²) in [6.07, 6.45) is 1.99. The Kier molecular flexibility index (Phi) is 7.34. The number of fused-ring (bicyclic) bond motifs is 1. The maximum absolute atomic E-state index is 13.3. The number of carbonyl (C=O) groups excluding carboxylic acids is 1. The average Bonchev–Trinajstić information content (AvgIpc) is 3.25. The van der Waals surface area contributed by atoms with Crippen molar-refractivity contribution < 1.29 is 37.5 Å². The SMILES string of the molecule is CC#CC(=O)N1CCC(n2c(=O)n(-c3cc[c-]cc3)c3c(N)ncnc32)C1.[CH3-].[Y]. The van der Waals surface area contributed by atoms with Crippen LogP contribution in [0.4, 0.5) is 5.82 Å². The Bertz CT molecular complexity index is 1140. The number of hydrogen-bond donors (Lipinski definition) is 1. The molecule has 147 valence electrons. The smallest absolute Gasteiger partial charge is 0.333 e. The van der Waals surface area contributed by atoms with Crippen molar-refractivity contribution in [2.75, 3.05) is 18.8 Å². The summed E-state index contributed by atoms with van der Waals surface area (Å²) in [5.74, 6) is 5.16. The number of amides is 1. The third-order valence-corrected chi connectivity index (χ3v) is 4.69. The number of nitrogens with two attached hydrogens (primary N) is 1. The van der Waals surface area contributed by atoms with Crippen LogP contribution >= 0.6 is 0 Å². The molecule has 0 saturated carbocycles. The summed E-state index contributed by atoms with van der Waals surface area (Å²) in [5, 5.41) is 0. The van der Waals surface area contributed by atoms with Crippen molar-refractivity contribution in [2.24, 2.45) is 0 Å². The van der Waals surface area contributed by atoms with Crippen LogP contribution in [0.25, 0.3) is 16.9 Å². The van der Waals surface area contributed by atoms with E-state index in [1.807, 2.05) is 0 Å². The number of benzene rings is 1. The molecule has 0 aliphatic carbocycles. The van der Waals surface area contributed by atoms with Crippen molar-refractivity contribution in [1.29, 1.82) is 0 Å². The van der Waals surface area contributed by atoms with Gasteiger partial charge in [-0.05, 0) is 19.3 Å². The second-order valence-corrected chi connectivity index (χ2v) is 6.25. The van der Waals surface area contributed by atoms with Crippen LogP contribution in [-0.2, 0) is 37.5 Å². The van der Waals surface area contributed by atoms with Crippen LogP contribution in [0, 0.1) is 25.3 Å². The Morgan fingerprint density at radius 3 is 2.72 bits per heavy atom. The van der Waals surface area contributed by atoms with Gasteiger partial charge in [0.05, 0.1) is 6.04 Å². The van der Waals surface area contributed by atoms with Crippen LogP contribution in [0.5, 0.6) is 0 Å². The molecule has 8 nitrogen and oxygen atoms in total. The molecule has 1 aliphatic rings. The maximum atomic E-state index is 13.3. The van der Waals surface area contributed by atoms with Crippen LogP contribution in [0.15, 0.2) is 35.4 Å². The van der Waals surface area contributed by atoms with E-state index in [9.17, 15) is 9.59 Å². The monoisotopic (exact) mass is 465 g/mol. The number of likely N-dealkylation sites (tertiary alicyclic amines) is 1. The molecular formula is C20H20N6O2Y-2. The van der Waals surface area contributed by atoms with Crippen molar-refractivity contribution in [3.63, 3.8) is 0 Å². The quantitative estimate of drug-likeness (QED) is 0.453. The molecule has 1 aromatic carbocycles. The van der Waals surface area contributed by atoms with Gasteiger partial charge < -0.3 is 18.1 Å². The minimum absolute atomic E-state index is 0. The molecule has 1 atom stereocenters. The van der Waals surface area contributed by atoms with Crippen LogP contribution in [0.1, 0.15) is 19.4 Å². The third-order valence-electron chi connectivity index (χ3n) is 4.69. The van der Waals surface area contributed by atoms with Gasteiger partial charge in [0.1, 0.15) is 11.8 Å². The van der Waals surface area contributed by atoms with Gasteiger partial charge in [0.2, 0.25) is 0 Å². The van der Waals surface area contributed by atoms with Gasteiger partial charge in [0.15, 0.2) is 11.5 Å². The van der Waals surface area contributed by atoms with Crippen molar-refractivity contribution in [3.05, 3.63) is 54.6 Å². The molecule has 0 spiro atoms. The Morgan fingerprint density at radius 1 is 1.31 bits per heavy atom. The third kappa shape index (κ3) is 3.98. The topological polar surface area (TPSA) is 99.0 Å². The van der Waals surface area contributed by atoms with Crippen LogP contribution in [0.2, 0.25) is 0 Å². The summed E-state index contributed by atoms with van der Waals surface area (Å²) in [6.45, 7) is 2.57. The van der Waals surface area contributed by atoms with E-state index >= 15 is 0 Å². The Morgan fingerprint density at radius 2 is 2.03 bits per heavy atom. The van der Waals surface area contributed by atoms with Gasteiger partial charge in [-0.2, -0.15) is 18.2 Å². The molecule has 29 heavy (non-hydrogen) atoms. The van der Waals surface area contributed by atoms with E-state index in [2.05, 4.69) is 27.9 Å². The summed E-state index contributed by atoms with van der Waals surface area (Å²) in [6, 6.07) is 9.74. The van der Waals surface area contributed by atoms with Gasteiger partial charge in [-0.1, -0.05) is 11.6 Å². The second-order valence-electron chi connectivity index (χ2n) is 6.25. The first-order valence-electron chi connectivity index (χ1n) is 8.53. The molecule has 1 radical (unpaired) electrons. The summed E-state index contributed by atoms with van der Waals surface area (Å²) >= 11 is 0. The number of imidazole rings is 1. The fourth-order valence-electron chi connectivity index (χ4n) is 3.49. The number of carbonyl (C=O) groups is 1. The molecule has 4 rings (SSSR count). The first-order chi connectivity index (χ1) is 13.1. The number of rotatable bonds is 2. The molecule has 3 heterocycles. The molecule has 1 unspecified atom stereocenters. The van der Waals surface area contributed by atoms with Crippen molar-refractivity contribution >= 4 is 22.9 Å². The van der Waals surface area contributed by atoms with E-state index < -0.39 is 0 Å². The molecule has 2 aromatic heterocycles. The Balaban J connectivity index is 0.00000150. The van der Waals surface area contributed by atoms with Crippen LogP contribution in [-0.4, -0.2) is 43.0 Å². The number of hydrogen-bond acceptors (Lipinski definition) is 5. The fourth-order valence-corrected chi connectivity index (χ4v) is 3.49. The van der Waals surface area contributed by atoms with E-state index in [1.165, 1.54) is 10.9 Å². The number of nitrogen functional groups attached to an aromatic ring is 1. The molecular weight excluding hydrogens is 445 g/mol. The molecule has 1 saturated heterocycles. The van der Waals surface area contributed by atoms with E-state index in [0.717, 1.165) is 0 Å². The van der Waals surface area contributed by atoms with E-state index in [4.69, 9.17) is 5.73 Å². The number of nitrogens with zero attached hydrogens (tertiary/aromatic N) is 5. The summed E-state index contributed by atoms with van der Waals surface area (Å²) in [7, 11) is 0. The largest absolute Gasteiger partial charge is 0.382 e. The Labute approximate surface area is 194 Å². The van der Waals surface area contributed by atoms with Crippen LogP contribution in [0.3, 0.4) is 0 Å². The zero-order chi connectivity index (χ0) is 19.0. The predicted octanol–water partition coefficient (Wildman–Crippen LogP) is 1.21. The average molecular weight is 465 g/mol. The number of anilines is 1. The van der Waals surface area contributed by atoms with Crippen molar-refractivity contribution in [1.82, 2.24) is 24.0 Å².